The number of aromatic nitrogens is 5. The van der Waals surface area contributed by atoms with Gasteiger partial charge >= 0.3 is 11.7 Å². The maximum Gasteiger partial charge on any atom is 0.335 e. The number of aliphatic hydroxyl groups is 1. The van der Waals surface area contributed by atoms with Gasteiger partial charge in [0.15, 0.2) is 11.5 Å². The molecule has 3 N–H and O–H groups in total. The van der Waals surface area contributed by atoms with Crippen molar-refractivity contribution < 1.29 is 28.8 Å². The lowest BCUT2D eigenvalue weighted by Crippen LogP contribution is -2.33. The standard InChI is InChI=1S/C32H36N6O8/c1-20-16-37(32(42)34-30(20)40)28-13-25(27(18-39)46-28)38-17-24(35-36-38)15-33-14-23(31(41)44-3)12-22-10-7-11-26(43-2)29(22)45-19-21-8-5-4-6-9-21/h4-12,16-17,25,27-28,33,39H,13-15,18-19H2,1-3H3,(H,34,40,42)/b23-12+/t25-,27+,28+/m0/s1. The van der Waals surface area contributed by atoms with E-state index >= 15 is 0 Å². The first-order valence-electron chi connectivity index (χ1n) is 14.6. The molecule has 0 saturated carbocycles. The number of hydrogen-bond donors (Lipinski definition) is 3. The number of aliphatic hydroxyl groups excluding tert-OH is 1. The van der Waals surface area contributed by atoms with Crippen molar-refractivity contribution in [2.24, 2.45) is 0 Å². The number of ether oxygens (including phenoxy) is 4. The van der Waals surface area contributed by atoms with E-state index < -0.39 is 35.6 Å². The highest BCUT2D eigenvalue weighted by atomic mass is 16.5. The quantitative estimate of drug-likeness (QED) is 0.145. The molecule has 0 radical (unpaired) electrons. The highest BCUT2D eigenvalue weighted by molar-refractivity contribution is 5.94. The number of hydrogen-bond acceptors (Lipinski definition) is 11. The van der Waals surface area contributed by atoms with E-state index in [1.165, 1.54) is 17.9 Å². The van der Waals surface area contributed by atoms with Crippen molar-refractivity contribution in [3.05, 3.63) is 110 Å². The summed E-state index contributed by atoms with van der Waals surface area (Å²) in [7, 11) is 2.87. The normalized spacial score (nSPS) is 18.0. The van der Waals surface area contributed by atoms with Gasteiger partial charge in [0, 0.05) is 36.8 Å². The van der Waals surface area contributed by atoms with Gasteiger partial charge in [-0.05, 0) is 24.6 Å². The van der Waals surface area contributed by atoms with Crippen LogP contribution in [0.25, 0.3) is 6.08 Å². The summed E-state index contributed by atoms with van der Waals surface area (Å²) >= 11 is 0. The van der Waals surface area contributed by atoms with Gasteiger partial charge in [-0.3, -0.25) is 14.3 Å². The highest BCUT2D eigenvalue weighted by Crippen LogP contribution is 2.36. The molecule has 1 saturated heterocycles. The van der Waals surface area contributed by atoms with E-state index in [-0.39, 0.29) is 19.7 Å². The van der Waals surface area contributed by atoms with Crippen LogP contribution in [0.15, 0.2) is 76.1 Å². The lowest BCUT2D eigenvalue weighted by Gasteiger charge is -2.15. The largest absolute Gasteiger partial charge is 0.493 e. The van der Waals surface area contributed by atoms with E-state index in [0.29, 0.717) is 46.9 Å². The van der Waals surface area contributed by atoms with Crippen LogP contribution in [-0.2, 0) is 27.4 Å². The van der Waals surface area contributed by atoms with Gasteiger partial charge in [-0.1, -0.05) is 47.7 Å². The number of H-pyrrole nitrogens is 1. The monoisotopic (exact) mass is 632 g/mol. The molecule has 2 aromatic heterocycles. The minimum absolute atomic E-state index is 0.150. The topological polar surface area (TPSA) is 172 Å². The molecule has 5 rings (SSSR count). The molecule has 0 aliphatic carbocycles. The number of para-hydroxylation sites is 1. The summed E-state index contributed by atoms with van der Waals surface area (Å²) in [4.78, 5) is 39.2. The molecule has 1 fully saturated rings. The average molecular weight is 633 g/mol. The van der Waals surface area contributed by atoms with Gasteiger partial charge < -0.3 is 29.4 Å². The third-order valence-corrected chi connectivity index (χ3v) is 7.59. The van der Waals surface area contributed by atoms with Gasteiger partial charge in [0.1, 0.15) is 18.9 Å². The fourth-order valence-electron chi connectivity index (χ4n) is 5.20. The van der Waals surface area contributed by atoms with Crippen LogP contribution in [0.2, 0.25) is 0 Å². The van der Waals surface area contributed by atoms with Gasteiger partial charge in [-0.25, -0.2) is 14.3 Å². The Hall–Kier alpha value is -5.05. The van der Waals surface area contributed by atoms with Crippen molar-refractivity contribution in [2.75, 3.05) is 27.4 Å². The molecule has 1 aliphatic rings. The molecule has 0 unspecified atom stereocenters. The molecule has 0 spiro atoms. The summed E-state index contributed by atoms with van der Waals surface area (Å²) in [5.74, 6) is 0.506. The number of rotatable bonds is 13. The number of nitrogens with zero attached hydrogens (tertiary/aromatic N) is 4. The van der Waals surface area contributed by atoms with Gasteiger partial charge in [-0.2, -0.15) is 0 Å². The Morgan fingerprint density at radius 3 is 2.70 bits per heavy atom. The Morgan fingerprint density at radius 2 is 1.96 bits per heavy atom. The SMILES string of the molecule is COC(=O)/C(=C/c1cccc(OC)c1OCc1ccccc1)CNCc1cn([C@H]2C[C@H](n3cc(C)c(=O)[nH]c3=O)O[C@@H]2CO)nn1. The Labute approximate surface area is 264 Å². The summed E-state index contributed by atoms with van der Waals surface area (Å²) in [6, 6.07) is 14.7. The van der Waals surface area contributed by atoms with Gasteiger partial charge in [0.05, 0.1) is 44.3 Å². The summed E-state index contributed by atoms with van der Waals surface area (Å²) in [5, 5.41) is 21.6. The number of nitrogens with one attached hydrogen (secondary N) is 2. The summed E-state index contributed by atoms with van der Waals surface area (Å²) in [6.07, 6.45) is 3.81. The van der Waals surface area contributed by atoms with Crippen molar-refractivity contribution in [2.45, 2.75) is 44.9 Å². The second-order valence-electron chi connectivity index (χ2n) is 10.7. The first-order chi connectivity index (χ1) is 22.3. The van der Waals surface area contributed by atoms with Crippen molar-refractivity contribution in [1.82, 2.24) is 29.9 Å². The summed E-state index contributed by atoms with van der Waals surface area (Å²) in [5.41, 5.74) is 1.86. The van der Waals surface area contributed by atoms with Gasteiger partial charge in [0.2, 0.25) is 0 Å². The first-order valence-corrected chi connectivity index (χ1v) is 14.6. The zero-order chi connectivity index (χ0) is 32.6. The number of methoxy groups -OCH3 is 2. The molecule has 1 aliphatic heterocycles. The molecule has 4 aromatic rings. The highest BCUT2D eigenvalue weighted by Gasteiger charge is 2.38. The fraction of sp³-hybridized carbons (Fsp3) is 0.344. The van der Waals surface area contributed by atoms with Crippen LogP contribution in [0, 0.1) is 6.92 Å². The zero-order valence-corrected chi connectivity index (χ0v) is 25.7. The van der Waals surface area contributed by atoms with E-state index in [1.54, 1.807) is 37.1 Å². The van der Waals surface area contributed by atoms with Crippen LogP contribution in [0.4, 0.5) is 0 Å². The lowest BCUT2D eigenvalue weighted by molar-refractivity contribution is -0.136. The molecular weight excluding hydrogens is 596 g/mol. The molecule has 14 heteroatoms. The lowest BCUT2D eigenvalue weighted by atomic mass is 10.1. The van der Waals surface area contributed by atoms with Crippen LogP contribution >= 0.6 is 0 Å². The van der Waals surface area contributed by atoms with Crippen molar-refractivity contribution in [1.29, 1.82) is 0 Å². The Kier molecular flexibility index (Phi) is 10.4. The number of aryl methyl sites for hydroxylation is 1. The van der Waals surface area contributed by atoms with E-state index in [0.717, 1.165) is 5.56 Å². The molecule has 242 valence electrons. The second-order valence-corrected chi connectivity index (χ2v) is 10.7. The molecule has 0 bridgehead atoms. The average Bonchev–Trinajstić information content (AvgIpc) is 3.72. The van der Waals surface area contributed by atoms with Crippen LogP contribution < -0.4 is 26.0 Å². The van der Waals surface area contributed by atoms with Gasteiger partial charge in [-0.15, -0.1) is 5.10 Å². The van der Waals surface area contributed by atoms with E-state index in [4.69, 9.17) is 18.9 Å². The molecule has 3 heterocycles. The molecule has 2 aromatic carbocycles. The van der Waals surface area contributed by atoms with Crippen LogP contribution in [0.3, 0.4) is 0 Å². The van der Waals surface area contributed by atoms with E-state index in [9.17, 15) is 19.5 Å². The number of benzene rings is 2. The third-order valence-electron chi connectivity index (χ3n) is 7.59. The molecule has 0 amide bonds. The van der Waals surface area contributed by atoms with Crippen molar-refractivity contribution in [3.63, 3.8) is 0 Å². The first kappa shape index (κ1) is 32.3. The van der Waals surface area contributed by atoms with Crippen molar-refractivity contribution >= 4 is 12.0 Å². The van der Waals surface area contributed by atoms with Crippen LogP contribution in [0.5, 0.6) is 11.5 Å². The maximum atomic E-state index is 12.7. The molecular formula is C32H36N6O8. The number of aromatic amines is 1. The smallest absolute Gasteiger partial charge is 0.335 e. The summed E-state index contributed by atoms with van der Waals surface area (Å²) in [6.45, 7) is 2.02. The third kappa shape index (κ3) is 7.42. The van der Waals surface area contributed by atoms with E-state index in [2.05, 4.69) is 20.6 Å². The number of esters is 1. The van der Waals surface area contributed by atoms with Crippen molar-refractivity contribution in [3.8, 4) is 11.5 Å². The van der Waals surface area contributed by atoms with Crippen LogP contribution in [-0.4, -0.2) is 69.1 Å². The zero-order valence-electron chi connectivity index (χ0n) is 25.7. The fourth-order valence-corrected chi connectivity index (χ4v) is 5.20. The minimum Gasteiger partial charge on any atom is -0.493 e. The molecule has 3 atom stereocenters. The Balaban J connectivity index is 1.27. The molecule has 14 nitrogen and oxygen atoms in total. The minimum atomic E-state index is -0.707. The maximum absolute atomic E-state index is 12.7. The summed E-state index contributed by atoms with van der Waals surface area (Å²) < 4.78 is 25.5. The Bertz CT molecular complexity index is 1800. The van der Waals surface area contributed by atoms with E-state index in [1.807, 2.05) is 42.5 Å². The predicted octanol–water partition coefficient (Wildman–Crippen LogP) is 1.89. The predicted molar refractivity (Wildman–Crippen MR) is 166 cm³/mol. The Morgan fingerprint density at radius 1 is 1.15 bits per heavy atom. The number of carbonyl (C=O) groups is 1. The second kappa shape index (κ2) is 14.8. The van der Waals surface area contributed by atoms with Gasteiger partial charge in [0.25, 0.3) is 5.56 Å². The van der Waals surface area contributed by atoms with Crippen LogP contribution in [0.1, 0.15) is 41.1 Å². The number of carbonyl (C=O) groups excluding carboxylic acids is 1. The molecule has 46 heavy (non-hydrogen) atoms.